The highest BCUT2D eigenvalue weighted by Crippen LogP contribution is 2.22. The Hall–Kier alpha value is -2.46. The number of carbonyl (C=O) groups is 1. The molecule has 21 heavy (non-hydrogen) atoms. The first kappa shape index (κ1) is 13.5. The number of halogens is 1. The van der Waals surface area contributed by atoms with Gasteiger partial charge in [-0.15, -0.1) is 5.10 Å². The van der Waals surface area contributed by atoms with Crippen molar-refractivity contribution in [2.24, 2.45) is 0 Å². The Balaban J connectivity index is 2.08. The van der Waals surface area contributed by atoms with Crippen LogP contribution < -0.4 is 0 Å². The molecule has 0 aliphatic carbocycles. The highest BCUT2D eigenvalue weighted by molar-refractivity contribution is 6.32. The van der Waals surface area contributed by atoms with Gasteiger partial charge in [0.1, 0.15) is 5.69 Å². The molecule has 0 spiro atoms. The summed E-state index contributed by atoms with van der Waals surface area (Å²) in [6.45, 7) is 1.83. The lowest BCUT2D eigenvalue weighted by molar-refractivity contribution is 0.103. The molecule has 0 fully saturated rings. The van der Waals surface area contributed by atoms with Gasteiger partial charge in [0.05, 0.1) is 11.9 Å². The summed E-state index contributed by atoms with van der Waals surface area (Å²) in [5, 5.41) is 8.42. The molecule has 1 heterocycles. The van der Waals surface area contributed by atoms with E-state index in [1.807, 2.05) is 37.3 Å². The van der Waals surface area contributed by atoms with Crippen molar-refractivity contribution < 1.29 is 4.79 Å². The minimum atomic E-state index is -0.149. The molecule has 3 rings (SSSR count). The normalized spacial score (nSPS) is 10.6. The summed E-state index contributed by atoms with van der Waals surface area (Å²) in [6.07, 6.45) is 1.47. The number of hydrogen-bond donors (Lipinski definition) is 0. The predicted molar refractivity (Wildman–Crippen MR) is 81.0 cm³/mol. The molecule has 0 bridgehead atoms. The maximum absolute atomic E-state index is 12.7. The topological polar surface area (TPSA) is 47.8 Å². The Morgan fingerprint density at radius 1 is 1.10 bits per heavy atom. The number of rotatable bonds is 3. The minimum absolute atomic E-state index is 0.149. The van der Waals surface area contributed by atoms with E-state index >= 15 is 0 Å². The monoisotopic (exact) mass is 297 g/mol. The lowest BCUT2D eigenvalue weighted by Crippen LogP contribution is -2.11. The molecular formula is C16H12ClN3O. The van der Waals surface area contributed by atoms with Gasteiger partial charge in [-0.2, -0.15) is 0 Å². The molecule has 4 nitrogen and oxygen atoms in total. The van der Waals surface area contributed by atoms with Crippen molar-refractivity contribution in [3.05, 3.63) is 76.6 Å². The van der Waals surface area contributed by atoms with E-state index in [1.54, 1.807) is 18.2 Å². The van der Waals surface area contributed by atoms with Crippen LogP contribution >= 0.6 is 11.6 Å². The molecule has 0 N–H and O–H groups in total. The molecule has 0 saturated carbocycles. The fraction of sp³-hybridized carbons (Fsp3) is 0.0625. The fourth-order valence-corrected chi connectivity index (χ4v) is 2.32. The number of ketones is 1. The Bertz CT molecular complexity index is 796. The molecule has 0 amide bonds. The predicted octanol–water partition coefficient (Wildman–Crippen LogP) is 3.46. The summed E-state index contributed by atoms with van der Waals surface area (Å²) in [5.74, 6) is -0.149. The Labute approximate surface area is 127 Å². The van der Waals surface area contributed by atoms with Crippen LogP contribution in [-0.4, -0.2) is 20.8 Å². The standard InChI is InChI=1S/C16H12ClN3O/c1-11-13(8-5-9-14(11)17)16(21)15-10-18-19-20(15)12-6-3-2-4-7-12/h2-10H,1H3. The second kappa shape index (κ2) is 5.50. The van der Waals surface area contributed by atoms with Crippen molar-refractivity contribution >= 4 is 17.4 Å². The molecule has 0 radical (unpaired) electrons. The molecule has 2 aromatic carbocycles. The second-order valence-corrected chi connectivity index (χ2v) is 5.02. The molecule has 1 aromatic heterocycles. The molecule has 0 aliphatic rings. The van der Waals surface area contributed by atoms with Gasteiger partial charge < -0.3 is 0 Å². The van der Waals surface area contributed by atoms with E-state index in [4.69, 9.17) is 11.6 Å². The van der Waals surface area contributed by atoms with Gasteiger partial charge in [0.2, 0.25) is 5.78 Å². The summed E-state index contributed by atoms with van der Waals surface area (Å²) >= 11 is 6.09. The van der Waals surface area contributed by atoms with Crippen LogP contribution in [0.25, 0.3) is 5.69 Å². The van der Waals surface area contributed by atoms with Crippen molar-refractivity contribution in [2.75, 3.05) is 0 Å². The Morgan fingerprint density at radius 3 is 2.62 bits per heavy atom. The highest BCUT2D eigenvalue weighted by atomic mass is 35.5. The zero-order valence-corrected chi connectivity index (χ0v) is 12.1. The number of aromatic nitrogens is 3. The average Bonchev–Trinajstić information content (AvgIpc) is 3.00. The molecule has 0 unspecified atom stereocenters. The highest BCUT2D eigenvalue weighted by Gasteiger charge is 2.19. The first-order chi connectivity index (χ1) is 10.2. The smallest absolute Gasteiger partial charge is 0.213 e. The van der Waals surface area contributed by atoms with Crippen LogP contribution in [0.15, 0.2) is 54.7 Å². The molecular weight excluding hydrogens is 286 g/mol. The number of carbonyl (C=O) groups excluding carboxylic acids is 1. The van der Waals surface area contributed by atoms with E-state index in [-0.39, 0.29) is 5.78 Å². The molecule has 0 saturated heterocycles. The lowest BCUT2D eigenvalue weighted by atomic mass is 10.0. The summed E-state index contributed by atoms with van der Waals surface area (Å²) in [5.41, 5.74) is 2.51. The van der Waals surface area contributed by atoms with Gasteiger partial charge in [-0.1, -0.05) is 47.1 Å². The van der Waals surface area contributed by atoms with E-state index < -0.39 is 0 Å². The third kappa shape index (κ3) is 2.45. The van der Waals surface area contributed by atoms with Crippen molar-refractivity contribution in [1.82, 2.24) is 15.0 Å². The van der Waals surface area contributed by atoms with Gasteiger partial charge in [-0.25, -0.2) is 4.68 Å². The SMILES string of the molecule is Cc1c(Cl)cccc1C(=O)c1cnnn1-c1ccccc1. The third-order valence-electron chi connectivity index (χ3n) is 3.30. The quantitative estimate of drug-likeness (QED) is 0.696. The number of nitrogens with zero attached hydrogens (tertiary/aromatic N) is 3. The van der Waals surface area contributed by atoms with E-state index in [9.17, 15) is 4.79 Å². The molecule has 5 heteroatoms. The average molecular weight is 298 g/mol. The lowest BCUT2D eigenvalue weighted by Gasteiger charge is -2.08. The van der Waals surface area contributed by atoms with Gasteiger partial charge in [0.15, 0.2) is 0 Å². The van der Waals surface area contributed by atoms with E-state index in [0.717, 1.165) is 11.3 Å². The van der Waals surface area contributed by atoms with Crippen LogP contribution in [0.1, 0.15) is 21.6 Å². The molecule has 0 aliphatic heterocycles. The summed E-state index contributed by atoms with van der Waals surface area (Å²) in [7, 11) is 0. The van der Waals surface area contributed by atoms with Gasteiger partial charge in [-0.05, 0) is 30.7 Å². The molecule has 0 atom stereocenters. The van der Waals surface area contributed by atoms with Gasteiger partial charge in [0.25, 0.3) is 0 Å². The van der Waals surface area contributed by atoms with E-state index in [0.29, 0.717) is 16.3 Å². The minimum Gasteiger partial charge on any atom is -0.287 e. The summed E-state index contributed by atoms with van der Waals surface area (Å²) < 4.78 is 1.53. The first-order valence-electron chi connectivity index (χ1n) is 6.44. The Kier molecular flexibility index (Phi) is 3.54. The summed E-state index contributed by atoms with van der Waals surface area (Å²) in [4.78, 5) is 12.7. The molecule has 3 aromatic rings. The number of benzene rings is 2. The zero-order chi connectivity index (χ0) is 14.8. The van der Waals surface area contributed by atoms with Crippen LogP contribution in [-0.2, 0) is 0 Å². The van der Waals surface area contributed by atoms with Gasteiger partial charge >= 0.3 is 0 Å². The van der Waals surface area contributed by atoms with E-state index in [2.05, 4.69) is 10.3 Å². The van der Waals surface area contributed by atoms with Crippen molar-refractivity contribution in [3.63, 3.8) is 0 Å². The zero-order valence-electron chi connectivity index (χ0n) is 11.3. The second-order valence-electron chi connectivity index (χ2n) is 4.61. The van der Waals surface area contributed by atoms with E-state index in [1.165, 1.54) is 10.9 Å². The number of para-hydroxylation sites is 1. The van der Waals surface area contributed by atoms with Crippen LogP contribution in [0.5, 0.6) is 0 Å². The van der Waals surface area contributed by atoms with Crippen LogP contribution in [0.4, 0.5) is 0 Å². The fourth-order valence-electron chi connectivity index (χ4n) is 2.14. The first-order valence-corrected chi connectivity index (χ1v) is 6.82. The largest absolute Gasteiger partial charge is 0.287 e. The van der Waals surface area contributed by atoms with Crippen LogP contribution in [0.3, 0.4) is 0 Å². The third-order valence-corrected chi connectivity index (χ3v) is 3.70. The van der Waals surface area contributed by atoms with Gasteiger partial charge in [0, 0.05) is 10.6 Å². The van der Waals surface area contributed by atoms with Crippen LogP contribution in [0.2, 0.25) is 5.02 Å². The van der Waals surface area contributed by atoms with Crippen molar-refractivity contribution in [2.45, 2.75) is 6.92 Å². The molecule has 104 valence electrons. The van der Waals surface area contributed by atoms with Crippen molar-refractivity contribution in [3.8, 4) is 5.69 Å². The number of hydrogen-bond acceptors (Lipinski definition) is 3. The van der Waals surface area contributed by atoms with Crippen LogP contribution in [0, 0.1) is 6.92 Å². The maximum Gasteiger partial charge on any atom is 0.213 e. The maximum atomic E-state index is 12.7. The van der Waals surface area contributed by atoms with Gasteiger partial charge in [-0.3, -0.25) is 4.79 Å². The summed E-state index contributed by atoms with van der Waals surface area (Å²) in [6, 6.07) is 14.7. The van der Waals surface area contributed by atoms with Crippen molar-refractivity contribution in [1.29, 1.82) is 0 Å². The Morgan fingerprint density at radius 2 is 1.86 bits per heavy atom.